The van der Waals surface area contributed by atoms with Gasteiger partial charge in [-0.1, -0.05) is 0 Å². The van der Waals surface area contributed by atoms with Crippen LogP contribution in [0.15, 0.2) is 18.3 Å². The quantitative estimate of drug-likeness (QED) is 0.769. The number of ether oxygens (including phenoxy) is 1. The van der Waals surface area contributed by atoms with Crippen LogP contribution in [0.1, 0.15) is 5.69 Å². The molecule has 15 heavy (non-hydrogen) atoms. The lowest BCUT2D eigenvalue weighted by atomic mass is 10.2. The Bertz CT molecular complexity index is 310. The second kappa shape index (κ2) is 5.09. The standard InChI is InChI=1S/C11H17N3O/c1-9-6-10(2-3-12-9)14-7-11-8-15-5-4-13-11/h2-3,6,11,13H,4-5,7-8H2,1H3,(H,12,14). The zero-order chi connectivity index (χ0) is 10.5. The van der Waals surface area contributed by atoms with Gasteiger partial charge in [0.1, 0.15) is 0 Å². The van der Waals surface area contributed by atoms with Crippen molar-refractivity contribution in [1.29, 1.82) is 0 Å². The van der Waals surface area contributed by atoms with E-state index in [4.69, 9.17) is 4.74 Å². The summed E-state index contributed by atoms with van der Waals surface area (Å²) in [5.74, 6) is 0. The highest BCUT2D eigenvalue weighted by Gasteiger charge is 2.11. The molecule has 1 saturated heterocycles. The summed E-state index contributed by atoms with van der Waals surface area (Å²) in [5.41, 5.74) is 2.16. The fourth-order valence-electron chi connectivity index (χ4n) is 1.65. The molecule has 4 heteroatoms. The van der Waals surface area contributed by atoms with Gasteiger partial charge >= 0.3 is 0 Å². The fourth-order valence-corrected chi connectivity index (χ4v) is 1.65. The maximum absolute atomic E-state index is 5.38. The van der Waals surface area contributed by atoms with E-state index < -0.39 is 0 Å². The molecule has 1 unspecified atom stereocenters. The molecule has 2 heterocycles. The van der Waals surface area contributed by atoms with Crippen LogP contribution in [-0.2, 0) is 4.74 Å². The maximum atomic E-state index is 5.38. The van der Waals surface area contributed by atoms with Gasteiger partial charge in [-0.3, -0.25) is 4.98 Å². The summed E-state index contributed by atoms with van der Waals surface area (Å²) in [6.45, 7) is 5.44. The molecule has 4 nitrogen and oxygen atoms in total. The molecule has 2 rings (SSSR count). The zero-order valence-electron chi connectivity index (χ0n) is 8.99. The molecule has 1 aromatic rings. The van der Waals surface area contributed by atoms with Crippen LogP contribution in [0.5, 0.6) is 0 Å². The molecular formula is C11H17N3O. The summed E-state index contributed by atoms with van der Waals surface area (Å²) in [7, 11) is 0. The number of morpholine rings is 1. The summed E-state index contributed by atoms with van der Waals surface area (Å²) < 4.78 is 5.38. The van der Waals surface area contributed by atoms with Crippen molar-refractivity contribution in [3.8, 4) is 0 Å². The van der Waals surface area contributed by atoms with Crippen LogP contribution in [0.2, 0.25) is 0 Å². The third-order valence-corrected chi connectivity index (χ3v) is 2.45. The van der Waals surface area contributed by atoms with Crippen molar-refractivity contribution in [2.45, 2.75) is 13.0 Å². The largest absolute Gasteiger partial charge is 0.383 e. The molecule has 1 fully saturated rings. The van der Waals surface area contributed by atoms with Crippen LogP contribution < -0.4 is 10.6 Å². The monoisotopic (exact) mass is 207 g/mol. The molecule has 0 aliphatic carbocycles. The molecule has 0 spiro atoms. The Morgan fingerprint density at radius 2 is 2.60 bits per heavy atom. The lowest BCUT2D eigenvalue weighted by Crippen LogP contribution is -2.45. The number of anilines is 1. The van der Waals surface area contributed by atoms with Gasteiger partial charge < -0.3 is 15.4 Å². The average molecular weight is 207 g/mol. The first kappa shape index (κ1) is 10.4. The molecule has 1 aliphatic rings. The van der Waals surface area contributed by atoms with Gasteiger partial charge in [0.05, 0.1) is 13.2 Å². The van der Waals surface area contributed by atoms with Crippen LogP contribution in [0.4, 0.5) is 5.69 Å². The fraction of sp³-hybridized carbons (Fsp3) is 0.545. The highest BCUT2D eigenvalue weighted by Crippen LogP contribution is 2.07. The number of aryl methyl sites for hydroxylation is 1. The van der Waals surface area contributed by atoms with Gasteiger partial charge in [0.2, 0.25) is 0 Å². The second-order valence-electron chi connectivity index (χ2n) is 3.79. The van der Waals surface area contributed by atoms with Crippen LogP contribution in [0.25, 0.3) is 0 Å². The number of rotatable bonds is 3. The van der Waals surface area contributed by atoms with E-state index in [2.05, 4.69) is 15.6 Å². The second-order valence-corrected chi connectivity index (χ2v) is 3.79. The van der Waals surface area contributed by atoms with Crippen molar-refractivity contribution in [3.63, 3.8) is 0 Å². The molecule has 0 amide bonds. The summed E-state index contributed by atoms with van der Waals surface area (Å²) in [6.07, 6.45) is 1.82. The third-order valence-electron chi connectivity index (χ3n) is 2.45. The Morgan fingerprint density at radius 3 is 3.33 bits per heavy atom. The molecule has 1 aromatic heterocycles. The molecule has 1 atom stereocenters. The zero-order valence-corrected chi connectivity index (χ0v) is 8.99. The highest BCUT2D eigenvalue weighted by atomic mass is 16.5. The van der Waals surface area contributed by atoms with Crippen molar-refractivity contribution in [1.82, 2.24) is 10.3 Å². The predicted molar refractivity (Wildman–Crippen MR) is 60.1 cm³/mol. The van der Waals surface area contributed by atoms with E-state index in [0.29, 0.717) is 6.04 Å². The topological polar surface area (TPSA) is 46.2 Å². The molecule has 0 radical (unpaired) electrons. The Labute approximate surface area is 90.0 Å². The first-order valence-electron chi connectivity index (χ1n) is 5.32. The molecule has 2 N–H and O–H groups in total. The first-order valence-corrected chi connectivity index (χ1v) is 5.32. The highest BCUT2D eigenvalue weighted by molar-refractivity contribution is 5.43. The summed E-state index contributed by atoms with van der Waals surface area (Å²) in [6, 6.07) is 4.44. The van der Waals surface area contributed by atoms with Crippen LogP contribution in [-0.4, -0.2) is 37.3 Å². The molecule has 1 aliphatic heterocycles. The van der Waals surface area contributed by atoms with Crippen molar-refractivity contribution in [2.75, 3.05) is 31.6 Å². The van der Waals surface area contributed by atoms with E-state index in [-0.39, 0.29) is 0 Å². The van der Waals surface area contributed by atoms with Gasteiger partial charge in [0.25, 0.3) is 0 Å². The van der Waals surface area contributed by atoms with Gasteiger partial charge in [0, 0.05) is 36.7 Å². The predicted octanol–water partition coefficient (Wildman–Crippen LogP) is 0.790. The number of hydrogen-bond acceptors (Lipinski definition) is 4. The van der Waals surface area contributed by atoms with Crippen molar-refractivity contribution < 1.29 is 4.74 Å². The van der Waals surface area contributed by atoms with Crippen LogP contribution in [0, 0.1) is 6.92 Å². The molecule has 0 bridgehead atoms. The summed E-state index contributed by atoms with van der Waals surface area (Å²) >= 11 is 0. The maximum Gasteiger partial charge on any atom is 0.0637 e. The smallest absolute Gasteiger partial charge is 0.0637 e. The summed E-state index contributed by atoms with van der Waals surface area (Å²) in [5, 5.41) is 6.77. The minimum atomic E-state index is 0.409. The summed E-state index contributed by atoms with van der Waals surface area (Å²) in [4.78, 5) is 4.15. The lowest BCUT2D eigenvalue weighted by molar-refractivity contribution is 0.0806. The van der Waals surface area contributed by atoms with E-state index in [0.717, 1.165) is 37.7 Å². The average Bonchev–Trinajstić information content (AvgIpc) is 2.28. The SMILES string of the molecule is Cc1cc(NCC2COCCN2)ccn1. The van der Waals surface area contributed by atoms with Crippen molar-refractivity contribution >= 4 is 5.69 Å². The first-order chi connectivity index (χ1) is 7.34. The normalized spacial score (nSPS) is 21.3. The number of pyridine rings is 1. The minimum absolute atomic E-state index is 0.409. The molecule has 82 valence electrons. The van der Waals surface area contributed by atoms with E-state index in [1.807, 2.05) is 25.3 Å². The third kappa shape index (κ3) is 3.18. The van der Waals surface area contributed by atoms with E-state index >= 15 is 0 Å². The van der Waals surface area contributed by atoms with E-state index in [1.165, 1.54) is 0 Å². The van der Waals surface area contributed by atoms with Gasteiger partial charge in [-0.05, 0) is 19.1 Å². The Balaban J connectivity index is 1.81. The molecule has 0 aromatic carbocycles. The minimum Gasteiger partial charge on any atom is -0.383 e. The van der Waals surface area contributed by atoms with E-state index in [1.54, 1.807) is 0 Å². The van der Waals surface area contributed by atoms with Crippen LogP contribution in [0.3, 0.4) is 0 Å². The number of nitrogens with one attached hydrogen (secondary N) is 2. The number of hydrogen-bond donors (Lipinski definition) is 2. The number of nitrogens with zero attached hydrogens (tertiary/aromatic N) is 1. The molecule has 0 saturated carbocycles. The van der Waals surface area contributed by atoms with Gasteiger partial charge in [-0.2, -0.15) is 0 Å². The van der Waals surface area contributed by atoms with Crippen molar-refractivity contribution in [3.05, 3.63) is 24.0 Å². The van der Waals surface area contributed by atoms with E-state index in [9.17, 15) is 0 Å². The van der Waals surface area contributed by atoms with Gasteiger partial charge in [0.15, 0.2) is 0 Å². The van der Waals surface area contributed by atoms with Crippen molar-refractivity contribution in [2.24, 2.45) is 0 Å². The molecular weight excluding hydrogens is 190 g/mol. The Kier molecular flexibility index (Phi) is 3.53. The van der Waals surface area contributed by atoms with Gasteiger partial charge in [-0.15, -0.1) is 0 Å². The lowest BCUT2D eigenvalue weighted by Gasteiger charge is -2.24. The Morgan fingerprint density at radius 1 is 1.67 bits per heavy atom. The number of aromatic nitrogens is 1. The Hall–Kier alpha value is -1.13. The van der Waals surface area contributed by atoms with Gasteiger partial charge in [-0.25, -0.2) is 0 Å². The van der Waals surface area contributed by atoms with Crippen LogP contribution >= 0.6 is 0 Å².